The van der Waals surface area contributed by atoms with Crippen LogP contribution in [-0.2, 0) is 9.59 Å². The lowest BCUT2D eigenvalue weighted by atomic mass is 9.78. The van der Waals surface area contributed by atoms with Crippen LogP contribution in [0.25, 0.3) is 0 Å². The highest BCUT2D eigenvalue weighted by atomic mass is 16.4. The van der Waals surface area contributed by atoms with E-state index in [9.17, 15) is 19.6 Å². The number of hydrogen-bond acceptors (Lipinski definition) is 4. The van der Waals surface area contributed by atoms with Gasteiger partial charge in [-0.2, -0.15) is 0 Å². The molecule has 2 amide bonds. The van der Waals surface area contributed by atoms with E-state index < -0.39 is 13.1 Å². The molecule has 6 nitrogen and oxygen atoms in total. The average Bonchev–Trinajstić information content (AvgIpc) is 2.95. The molecule has 1 saturated heterocycles. The van der Waals surface area contributed by atoms with Crippen LogP contribution in [0.1, 0.15) is 44.9 Å². The van der Waals surface area contributed by atoms with Crippen LogP contribution >= 0.6 is 0 Å². The third kappa shape index (κ3) is 3.73. The zero-order chi connectivity index (χ0) is 14.5. The number of carbonyl (C=O) groups is 2. The molecule has 1 atom stereocenters. The van der Waals surface area contributed by atoms with Crippen LogP contribution < -0.4 is 5.32 Å². The third-order valence-corrected chi connectivity index (χ3v) is 4.35. The summed E-state index contributed by atoms with van der Waals surface area (Å²) < 4.78 is 0. The summed E-state index contributed by atoms with van der Waals surface area (Å²) >= 11 is 0. The van der Waals surface area contributed by atoms with Gasteiger partial charge in [0.05, 0.1) is 12.5 Å². The van der Waals surface area contributed by atoms with E-state index in [1.54, 1.807) is 0 Å². The van der Waals surface area contributed by atoms with Crippen LogP contribution in [0.15, 0.2) is 0 Å². The lowest BCUT2D eigenvalue weighted by Crippen LogP contribution is -2.49. The van der Waals surface area contributed by atoms with Crippen LogP contribution in [0, 0.1) is 5.92 Å². The fraction of sp³-hybridized carbons (Fsp3) is 0.846. The molecule has 2 aliphatic rings. The molecule has 0 aromatic carbocycles. The van der Waals surface area contributed by atoms with Gasteiger partial charge in [0.15, 0.2) is 0 Å². The Hall–Kier alpha value is -1.08. The van der Waals surface area contributed by atoms with Crippen molar-refractivity contribution in [2.75, 3.05) is 13.1 Å². The van der Waals surface area contributed by atoms with E-state index in [0.717, 1.165) is 32.1 Å². The van der Waals surface area contributed by atoms with Crippen LogP contribution in [0.3, 0.4) is 0 Å². The van der Waals surface area contributed by atoms with Crippen LogP contribution in [0.4, 0.5) is 0 Å². The Morgan fingerprint density at radius 3 is 2.45 bits per heavy atom. The number of rotatable bonds is 4. The molecule has 3 N–H and O–H groups in total. The van der Waals surface area contributed by atoms with Gasteiger partial charge >= 0.3 is 7.12 Å². The van der Waals surface area contributed by atoms with E-state index in [1.807, 2.05) is 0 Å². The Balaban J connectivity index is 1.78. The minimum Gasteiger partial charge on any atom is -0.426 e. The molecule has 112 valence electrons. The molecule has 0 aromatic heterocycles. The average molecular weight is 282 g/mol. The van der Waals surface area contributed by atoms with E-state index >= 15 is 0 Å². The summed E-state index contributed by atoms with van der Waals surface area (Å²) in [5, 5.41) is 21.1. The highest BCUT2D eigenvalue weighted by Crippen LogP contribution is 2.23. The first kappa shape index (κ1) is 15.3. The molecule has 2 fully saturated rings. The smallest absolute Gasteiger partial charge is 0.426 e. The van der Waals surface area contributed by atoms with Crippen LogP contribution in [0.5, 0.6) is 0 Å². The maximum absolute atomic E-state index is 12.0. The highest BCUT2D eigenvalue weighted by molar-refractivity contribution is 6.43. The van der Waals surface area contributed by atoms with Gasteiger partial charge in [0.25, 0.3) is 0 Å². The number of carbonyl (C=O) groups excluding carboxylic acids is 2. The van der Waals surface area contributed by atoms with Gasteiger partial charge < -0.3 is 20.3 Å². The molecule has 0 bridgehead atoms. The second-order valence-electron chi connectivity index (χ2n) is 5.76. The molecular weight excluding hydrogens is 259 g/mol. The predicted octanol–water partition coefficient (Wildman–Crippen LogP) is -0.314. The molecule has 1 aliphatic heterocycles. The monoisotopic (exact) mass is 282 g/mol. The van der Waals surface area contributed by atoms with E-state index in [2.05, 4.69) is 5.32 Å². The fourth-order valence-corrected chi connectivity index (χ4v) is 3.19. The van der Waals surface area contributed by atoms with Crippen molar-refractivity contribution in [3.63, 3.8) is 0 Å². The van der Waals surface area contributed by atoms with Gasteiger partial charge in [-0.05, 0) is 25.7 Å². The molecule has 0 spiro atoms. The van der Waals surface area contributed by atoms with Gasteiger partial charge in [-0.1, -0.05) is 19.3 Å². The van der Waals surface area contributed by atoms with Gasteiger partial charge in [-0.25, -0.2) is 0 Å². The van der Waals surface area contributed by atoms with E-state index in [4.69, 9.17) is 0 Å². The van der Waals surface area contributed by atoms with Crippen molar-refractivity contribution in [2.45, 2.75) is 50.9 Å². The lowest BCUT2D eigenvalue weighted by molar-refractivity contribution is -0.134. The van der Waals surface area contributed by atoms with Gasteiger partial charge in [-0.15, -0.1) is 0 Å². The van der Waals surface area contributed by atoms with E-state index in [1.165, 1.54) is 11.3 Å². The van der Waals surface area contributed by atoms with Crippen molar-refractivity contribution in [3.8, 4) is 0 Å². The zero-order valence-electron chi connectivity index (χ0n) is 11.8. The summed E-state index contributed by atoms with van der Waals surface area (Å²) in [6.45, 7) is 0.485. The standard InChI is InChI=1S/C13H23BN2O4/c17-12(16-8-4-7-11(16)14(19)20)9-15-13(18)10-5-2-1-3-6-10/h10-11,19-20H,1-9H2,(H,15,18)/t11-/m0/s1. The van der Waals surface area contributed by atoms with Crippen molar-refractivity contribution in [1.29, 1.82) is 0 Å². The molecule has 1 aliphatic carbocycles. The largest absolute Gasteiger partial charge is 0.475 e. The number of hydrogen-bond donors (Lipinski definition) is 3. The molecule has 0 unspecified atom stereocenters. The van der Waals surface area contributed by atoms with Crippen molar-refractivity contribution in [1.82, 2.24) is 10.2 Å². The maximum Gasteiger partial charge on any atom is 0.475 e. The number of amides is 2. The number of likely N-dealkylation sites (tertiary alicyclic amines) is 1. The Morgan fingerprint density at radius 2 is 1.80 bits per heavy atom. The topological polar surface area (TPSA) is 89.9 Å². The minimum atomic E-state index is -1.50. The summed E-state index contributed by atoms with van der Waals surface area (Å²) in [6, 6.07) is 0. The minimum absolute atomic E-state index is 0.0364. The normalized spacial score (nSPS) is 23.7. The fourth-order valence-electron chi connectivity index (χ4n) is 3.19. The summed E-state index contributed by atoms with van der Waals surface area (Å²) in [5.41, 5.74) is 0. The quantitative estimate of drug-likeness (QED) is 0.617. The summed E-state index contributed by atoms with van der Waals surface area (Å²) in [5.74, 6) is -0.772. The molecule has 0 radical (unpaired) electrons. The van der Waals surface area contributed by atoms with Crippen LogP contribution in [-0.4, -0.2) is 52.9 Å². The lowest BCUT2D eigenvalue weighted by Gasteiger charge is -2.25. The first-order valence-corrected chi connectivity index (χ1v) is 7.53. The Kier molecular flexibility index (Phi) is 5.42. The van der Waals surface area contributed by atoms with Crippen molar-refractivity contribution >= 4 is 18.9 Å². The Morgan fingerprint density at radius 1 is 1.10 bits per heavy atom. The van der Waals surface area contributed by atoms with Gasteiger partial charge in [0.2, 0.25) is 11.8 Å². The van der Waals surface area contributed by atoms with Gasteiger partial charge in [-0.3, -0.25) is 9.59 Å². The SMILES string of the molecule is O=C(NCC(=O)N1CCC[C@H]1B(O)O)C1CCCCC1. The zero-order valence-corrected chi connectivity index (χ0v) is 11.8. The van der Waals surface area contributed by atoms with Crippen molar-refractivity contribution in [3.05, 3.63) is 0 Å². The molecule has 1 saturated carbocycles. The molecule has 20 heavy (non-hydrogen) atoms. The van der Waals surface area contributed by atoms with Crippen molar-refractivity contribution < 1.29 is 19.6 Å². The Bertz CT molecular complexity index is 358. The molecular formula is C13H23BN2O4. The second kappa shape index (κ2) is 7.08. The first-order valence-electron chi connectivity index (χ1n) is 7.53. The predicted molar refractivity (Wildman–Crippen MR) is 74.5 cm³/mol. The second-order valence-corrected chi connectivity index (χ2v) is 5.76. The van der Waals surface area contributed by atoms with Gasteiger partial charge in [0, 0.05) is 12.5 Å². The molecule has 0 aromatic rings. The van der Waals surface area contributed by atoms with E-state index in [0.29, 0.717) is 13.0 Å². The van der Waals surface area contributed by atoms with Gasteiger partial charge in [0.1, 0.15) is 0 Å². The number of nitrogens with zero attached hydrogens (tertiary/aromatic N) is 1. The first-order chi connectivity index (χ1) is 9.59. The van der Waals surface area contributed by atoms with Crippen LogP contribution in [0.2, 0.25) is 0 Å². The maximum atomic E-state index is 12.0. The summed E-state index contributed by atoms with van der Waals surface area (Å²) in [4.78, 5) is 25.5. The third-order valence-electron chi connectivity index (χ3n) is 4.35. The van der Waals surface area contributed by atoms with E-state index in [-0.39, 0.29) is 24.3 Å². The van der Waals surface area contributed by atoms with Crippen molar-refractivity contribution in [2.24, 2.45) is 5.92 Å². The Labute approximate surface area is 119 Å². The summed E-state index contributed by atoms with van der Waals surface area (Å²) in [7, 11) is -1.50. The summed E-state index contributed by atoms with van der Waals surface area (Å²) in [6.07, 6.45) is 6.52. The molecule has 1 heterocycles. The highest BCUT2D eigenvalue weighted by Gasteiger charge is 2.36. The number of nitrogens with one attached hydrogen (secondary N) is 1. The molecule has 2 rings (SSSR count). The molecule has 7 heteroatoms.